The maximum absolute atomic E-state index is 5.96. The summed E-state index contributed by atoms with van der Waals surface area (Å²) in [4.78, 5) is 4.31. The van der Waals surface area contributed by atoms with Crippen molar-refractivity contribution < 1.29 is 0 Å². The average molecular weight is 216 g/mol. The number of nitrogens with one attached hydrogen (secondary N) is 1. The van der Waals surface area contributed by atoms with Crippen LogP contribution in [0, 0.1) is 0 Å². The number of hydrogen-bond donors (Lipinski definition) is 3. The molecule has 0 bridgehead atoms. The van der Waals surface area contributed by atoms with Gasteiger partial charge >= 0.3 is 0 Å². The van der Waals surface area contributed by atoms with Crippen molar-refractivity contribution in [1.82, 2.24) is 4.98 Å². The van der Waals surface area contributed by atoms with Gasteiger partial charge < -0.3 is 16.8 Å². The van der Waals surface area contributed by atoms with Crippen LogP contribution < -0.4 is 16.8 Å². The lowest BCUT2D eigenvalue weighted by Crippen LogP contribution is -2.09. The molecule has 0 amide bonds. The van der Waals surface area contributed by atoms with Crippen LogP contribution in [-0.4, -0.2) is 18.1 Å². The van der Waals surface area contributed by atoms with E-state index in [4.69, 9.17) is 11.5 Å². The van der Waals surface area contributed by atoms with Crippen molar-refractivity contribution in [1.29, 1.82) is 0 Å². The largest absolute Gasteiger partial charge is 0.398 e. The molecule has 0 aliphatic heterocycles. The van der Waals surface area contributed by atoms with E-state index in [-0.39, 0.29) is 0 Å². The molecule has 0 radical (unpaired) electrons. The molecule has 0 atom stereocenters. The third kappa shape index (κ3) is 2.06. The Morgan fingerprint density at radius 2 is 2.12 bits per heavy atom. The Bertz CT molecular complexity index is 476. The van der Waals surface area contributed by atoms with Gasteiger partial charge in [-0.2, -0.15) is 0 Å². The molecule has 1 aromatic carbocycles. The van der Waals surface area contributed by atoms with E-state index in [2.05, 4.69) is 10.3 Å². The minimum atomic E-state index is 0.674. The number of benzene rings is 1. The number of pyridine rings is 1. The fourth-order valence-corrected chi connectivity index (χ4v) is 1.70. The summed E-state index contributed by atoms with van der Waals surface area (Å²) in [5.74, 6) is 0.837. The molecule has 5 N–H and O–H groups in total. The standard InChI is InChI=1S/C12H16N4/c13-6-2-7-15-12-11-9(5-8-16-12)3-1-4-10(11)14/h1,3-5,8H,2,6-7,13-14H2,(H,15,16). The second-order valence-corrected chi connectivity index (χ2v) is 3.67. The highest BCUT2D eigenvalue weighted by atomic mass is 15.0. The molecule has 0 saturated heterocycles. The molecule has 0 fully saturated rings. The fourth-order valence-electron chi connectivity index (χ4n) is 1.70. The number of nitrogens with two attached hydrogens (primary N) is 2. The van der Waals surface area contributed by atoms with Gasteiger partial charge in [0.25, 0.3) is 0 Å². The van der Waals surface area contributed by atoms with Crippen molar-refractivity contribution in [3.8, 4) is 0 Å². The van der Waals surface area contributed by atoms with Crippen LogP contribution in [0.4, 0.5) is 11.5 Å². The van der Waals surface area contributed by atoms with Crippen molar-refractivity contribution in [2.75, 3.05) is 24.1 Å². The third-order valence-corrected chi connectivity index (χ3v) is 2.50. The Labute approximate surface area is 94.7 Å². The Kier molecular flexibility index (Phi) is 3.22. The van der Waals surface area contributed by atoms with Gasteiger partial charge in [-0.1, -0.05) is 12.1 Å². The van der Waals surface area contributed by atoms with Crippen LogP contribution in [0.5, 0.6) is 0 Å². The summed E-state index contributed by atoms with van der Waals surface area (Å²) in [6, 6.07) is 7.82. The highest BCUT2D eigenvalue weighted by Gasteiger charge is 2.04. The molecule has 4 heteroatoms. The third-order valence-electron chi connectivity index (χ3n) is 2.50. The molecule has 4 nitrogen and oxygen atoms in total. The smallest absolute Gasteiger partial charge is 0.135 e. The Morgan fingerprint density at radius 3 is 2.94 bits per heavy atom. The van der Waals surface area contributed by atoms with Gasteiger partial charge in [-0.25, -0.2) is 4.98 Å². The first-order valence-corrected chi connectivity index (χ1v) is 5.40. The van der Waals surface area contributed by atoms with Gasteiger partial charge in [0, 0.05) is 23.8 Å². The first-order valence-electron chi connectivity index (χ1n) is 5.40. The van der Waals surface area contributed by atoms with Crippen molar-refractivity contribution in [2.24, 2.45) is 5.73 Å². The Hall–Kier alpha value is -1.81. The van der Waals surface area contributed by atoms with Gasteiger partial charge in [0.2, 0.25) is 0 Å². The van der Waals surface area contributed by atoms with Crippen LogP contribution in [-0.2, 0) is 0 Å². The summed E-state index contributed by atoms with van der Waals surface area (Å²) in [7, 11) is 0. The number of hydrogen-bond acceptors (Lipinski definition) is 4. The second-order valence-electron chi connectivity index (χ2n) is 3.67. The lowest BCUT2D eigenvalue weighted by atomic mass is 10.1. The summed E-state index contributed by atoms with van der Waals surface area (Å²) in [5.41, 5.74) is 12.2. The number of anilines is 2. The molecule has 0 aliphatic rings. The van der Waals surface area contributed by atoms with E-state index in [1.807, 2.05) is 24.3 Å². The van der Waals surface area contributed by atoms with Crippen LogP contribution >= 0.6 is 0 Å². The van der Waals surface area contributed by atoms with E-state index in [0.29, 0.717) is 6.54 Å². The molecular formula is C12H16N4. The molecule has 84 valence electrons. The SMILES string of the molecule is NCCCNc1nccc2cccc(N)c12. The molecule has 0 aliphatic carbocycles. The number of fused-ring (bicyclic) bond motifs is 1. The van der Waals surface area contributed by atoms with E-state index >= 15 is 0 Å². The van der Waals surface area contributed by atoms with Crippen molar-refractivity contribution in [3.05, 3.63) is 30.5 Å². The summed E-state index contributed by atoms with van der Waals surface area (Å²) >= 11 is 0. The fraction of sp³-hybridized carbons (Fsp3) is 0.250. The minimum Gasteiger partial charge on any atom is -0.398 e. The predicted octanol–water partition coefficient (Wildman–Crippen LogP) is 1.58. The maximum Gasteiger partial charge on any atom is 0.135 e. The van der Waals surface area contributed by atoms with Gasteiger partial charge in [0.15, 0.2) is 0 Å². The average Bonchev–Trinajstić information content (AvgIpc) is 2.30. The molecule has 0 spiro atoms. The topological polar surface area (TPSA) is 77.0 Å². The van der Waals surface area contributed by atoms with E-state index < -0.39 is 0 Å². The van der Waals surface area contributed by atoms with Crippen LogP contribution in [0.3, 0.4) is 0 Å². The summed E-state index contributed by atoms with van der Waals surface area (Å²) in [6.45, 7) is 1.49. The van der Waals surface area contributed by atoms with Crippen LogP contribution in [0.25, 0.3) is 10.8 Å². The second kappa shape index (κ2) is 4.81. The normalized spacial score (nSPS) is 10.6. The van der Waals surface area contributed by atoms with Crippen molar-refractivity contribution in [3.63, 3.8) is 0 Å². The lowest BCUT2D eigenvalue weighted by molar-refractivity contribution is 0.871. The van der Waals surface area contributed by atoms with Crippen LogP contribution in [0.15, 0.2) is 30.5 Å². The first kappa shape index (κ1) is 10.7. The minimum absolute atomic E-state index is 0.674. The zero-order valence-corrected chi connectivity index (χ0v) is 9.11. The summed E-state index contributed by atoms with van der Waals surface area (Å²) in [6.07, 6.45) is 2.71. The van der Waals surface area contributed by atoms with E-state index in [0.717, 1.165) is 35.2 Å². The van der Waals surface area contributed by atoms with Gasteiger partial charge in [-0.05, 0) is 30.5 Å². The Balaban J connectivity index is 2.37. The number of nitrogens with zero attached hydrogens (tertiary/aromatic N) is 1. The highest BCUT2D eigenvalue weighted by molar-refractivity contribution is 6.00. The molecule has 16 heavy (non-hydrogen) atoms. The maximum atomic E-state index is 5.96. The molecule has 0 saturated carbocycles. The van der Waals surface area contributed by atoms with Crippen molar-refractivity contribution >= 4 is 22.3 Å². The predicted molar refractivity (Wildman–Crippen MR) is 68.3 cm³/mol. The number of rotatable bonds is 4. The highest BCUT2D eigenvalue weighted by Crippen LogP contribution is 2.26. The van der Waals surface area contributed by atoms with Crippen LogP contribution in [0.2, 0.25) is 0 Å². The molecular weight excluding hydrogens is 200 g/mol. The lowest BCUT2D eigenvalue weighted by Gasteiger charge is -2.09. The molecule has 0 unspecified atom stereocenters. The van der Waals surface area contributed by atoms with E-state index in [1.165, 1.54) is 0 Å². The van der Waals surface area contributed by atoms with E-state index in [9.17, 15) is 0 Å². The number of nitrogen functional groups attached to an aromatic ring is 1. The molecule has 2 aromatic rings. The molecule has 1 aromatic heterocycles. The monoisotopic (exact) mass is 216 g/mol. The van der Waals surface area contributed by atoms with Gasteiger partial charge in [-0.3, -0.25) is 0 Å². The molecule has 1 heterocycles. The zero-order chi connectivity index (χ0) is 11.4. The van der Waals surface area contributed by atoms with E-state index in [1.54, 1.807) is 6.20 Å². The summed E-state index contributed by atoms with van der Waals surface area (Å²) in [5, 5.41) is 5.35. The quantitative estimate of drug-likeness (QED) is 0.535. The zero-order valence-electron chi connectivity index (χ0n) is 9.11. The van der Waals surface area contributed by atoms with Gasteiger partial charge in [0.1, 0.15) is 5.82 Å². The van der Waals surface area contributed by atoms with Crippen LogP contribution in [0.1, 0.15) is 6.42 Å². The number of aromatic nitrogens is 1. The Morgan fingerprint density at radius 1 is 1.25 bits per heavy atom. The molecule has 2 rings (SSSR count). The first-order chi connectivity index (χ1) is 7.83. The van der Waals surface area contributed by atoms with Gasteiger partial charge in [0.05, 0.1) is 0 Å². The van der Waals surface area contributed by atoms with Crippen molar-refractivity contribution in [2.45, 2.75) is 6.42 Å². The summed E-state index contributed by atoms with van der Waals surface area (Å²) < 4.78 is 0. The van der Waals surface area contributed by atoms with Gasteiger partial charge in [-0.15, -0.1) is 0 Å².